The molecule has 2 aromatic rings. The van der Waals surface area contributed by atoms with Gasteiger partial charge >= 0.3 is 0 Å². The van der Waals surface area contributed by atoms with Gasteiger partial charge in [0.25, 0.3) is 0 Å². The summed E-state index contributed by atoms with van der Waals surface area (Å²) in [5.41, 5.74) is 6.80. The highest BCUT2D eigenvalue weighted by molar-refractivity contribution is 5.55. The number of piperidine rings is 1. The third-order valence-corrected chi connectivity index (χ3v) is 4.06. The molecule has 1 aliphatic rings. The van der Waals surface area contributed by atoms with Crippen LogP contribution in [0.4, 0.5) is 11.6 Å². The van der Waals surface area contributed by atoms with Gasteiger partial charge < -0.3 is 20.1 Å². The molecular formula is C16H21N5O2. The lowest BCUT2D eigenvalue weighted by atomic mass is 10.1. The van der Waals surface area contributed by atoms with Crippen LogP contribution < -0.4 is 20.1 Å². The van der Waals surface area contributed by atoms with Crippen LogP contribution >= 0.6 is 0 Å². The van der Waals surface area contributed by atoms with Crippen LogP contribution in [0.1, 0.15) is 18.4 Å². The van der Waals surface area contributed by atoms with Crippen molar-refractivity contribution in [2.75, 3.05) is 30.8 Å². The fourth-order valence-electron chi connectivity index (χ4n) is 2.71. The van der Waals surface area contributed by atoms with Gasteiger partial charge in [0, 0.05) is 37.6 Å². The smallest absolute Gasteiger partial charge is 0.213 e. The minimum atomic E-state index is 0.181. The Morgan fingerprint density at radius 3 is 2.61 bits per heavy atom. The van der Waals surface area contributed by atoms with Crippen LogP contribution in [0.2, 0.25) is 0 Å². The molecule has 0 atom stereocenters. The summed E-state index contributed by atoms with van der Waals surface area (Å²) in [5, 5.41) is 0. The van der Waals surface area contributed by atoms with Gasteiger partial charge in [-0.05, 0) is 13.0 Å². The molecule has 3 heterocycles. The van der Waals surface area contributed by atoms with Gasteiger partial charge in [-0.1, -0.05) is 0 Å². The summed E-state index contributed by atoms with van der Waals surface area (Å²) in [4.78, 5) is 14.8. The van der Waals surface area contributed by atoms with E-state index in [2.05, 4.69) is 19.9 Å². The molecule has 122 valence electrons. The molecule has 0 spiro atoms. The first-order chi connectivity index (χ1) is 11.2. The maximum atomic E-state index is 5.99. The van der Waals surface area contributed by atoms with Crippen molar-refractivity contribution in [3.05, 3.63) is 30.2 Å². The third-order valence-electron chi connectivity index (χ3n) is 4.06. The van der Waals surface area contributed by atoms with Gasteiger partial charge in [-0.3, -0.25) is 0 Å². The summed E-state index contributed by atoms with van der Waals surface area (Å²) >= 11 is 0. The number of rotatable bonds is 4. The second-order valence-corrected chi connectivity index (χ2v) is 5.55. The van der Waals surface area contributed by atoms with Crippen molar-refractivity contribution in [3.8, 4) is 11.6 Å². The number of pyridine rings is 1. The highest BCUT2D eigenvalue weighted by Gasteiger charge is 2.23. The van der Waals surface area contributed by atoms with E-state index in [1.807, 2.05) is 13.0 Å². The lowest BCUT2D eigenvalue weighted by Gasteiger charge is -2.33. The zero-order valence-electron chi connectivity index (χ0n) is 13.4. The highest BCUT2D eigenvalue weighted by Crippen LogP contribution is 2.25. The molecule has 0 amide bonds. The predicted octanol–water partition coefficient (Wildman–Crippen LogP) is 1.82. The van der Waals surface area contributed by atoms with Crippen molar-refractivity contribution in [3.63, 3.8) is 0 Å². The van der Waals surface area contributed by atoms with Crippen LogP contribution in [0.25, 0.3) is 0 Å². The Labute approximate surface area is 135 Å². The molecule has 0 aromatic carbocycles. The maximum absolute atomic E-state index is 5.99. The summed E-state index contributed by atoms with van der Waals surface area (Å²) in [7, 11) is 1.60. The van der Waals surface area contributed by atoms with E-state index in [0.29, 0.717) is 11.7 Å². The lowest BCUT2D eigenvalue weighted by molar-refractivity contribution is 0.169. The number of anilines is 2. The molecule has 7 nitrogen and oxygen atoms in total. The van der Waals surface area contributed by atoms with Crippen LogP contribution in [0, 0.1) is 6.92 Å². The van der Waals surface area contributed by atoms with Crippen molar-refractivity contribution in [1.82, 2.24) is 15.0 Å². The Kier molecular flexibility index (Phi) is 4.45. The molecule has 0 aliphatic carbocycles. The van der Waals surface area contributed by atoms with E-state index in [1.165, 1.54) is 6.33 Å². The van der Waals surface area contributed by atoms with Crippen LogP contribution in [0.3, 0.4) is 0 Å². The molecule has 2 N–H and O–H groups in total. The van der Waals surface area contributed by atoms with Crippen LogP contribution in [-0.4, -0.2) is 41.3 Å². The maximum Gasteiger partial charge on any atom is 0.213 e. The van der Waals surface area contributed by atoms with Crippen molar-refractivity contribution >= 4 is 11.6 Å². The Morgan fingerprint density at radius 1 is 1.17 bits per heavy atom. The number of nitrogens with zero attached hydrogens (tertiary/aromatic N) is 4. The van der Waals surface area contributed by atoms with Gasteiger partial charge in [0.1, 0.15) is 29.8 Å². The average molecular weight is 315 g/mol. The Morgan fingerprint density at radius 2 is 1.96 bits per heavy atom. The van der Waals surface area contributed by atoms with E-state index in [-0.39, 0.29) is 6.10 Å². The van der Waals surface area contributed by atoms with Gasteiger partial charge in [-0.2, -0.15) is 0 Å². The minimum Gasteiger partial charge on any atom is -0.489 e. The fraction of sp³-hybridized carbons (Fsp3) is 0.438. The van der Waals surface area contributed by atoms with E-state index in [0.717, 1.165) is 43.1 Å². The van der Waals surface area contributed by atoms with Gasteiger partial charge in [0.05, 0.1) is 13.3 Å². The number of hydrogen-bond acceptors (Lipinski definition) is 7. The molecule has 0 saturated carbocycles. The van der Waals surface area contributed by atoms with Gasteiger partial charge in [0.2, 0.25) is 5.88 Å². The molecule has 2 aromatic heterocycles. The zero-order valence-corrected chi connectivity index (χ0v) is 13.4. The molecule has 1 aliphatic heterocycles. The SMILES string of the molecule is COc1ccc(OC2CCN(c3ncnc(N)c3C)CC2)cn1. The van der Waals surface area contributed by atoms with Crippen molar-refractivity contribution in [1.29, 1.82) is 0 Å². The first-order valence-corrected chi connectivity index (χ1v) is 7.66. The second kappa shape index (κ2) is 6.68. The van der Waals surface area contributed by atoms with E-state index in [4.69, 9.17) is 15.2 Å². The zero-order chi connectivity index (χ0) is 16.2. The molecule has 0 unspecified atom stereocenters. The van der Waals surface area contributed by atoms with E-state index < -0.39 is 0 Å². The fourth-order valence-corrected chi connectivity index (χ4v) is 2.71. The molecule has 0 bridgehead atoms. The Balaban J connectivity index is 1.58. The van der Waals surface area contributed by atoms with Crippen molar-refractivity contribution < 1.29 is 9.47 Å². The minimum absolute atomic E-state index is 0.181. The third kappa shape index (κ3) is 3.44. The van der Waals surface area contributed by atoms with Gasteiger partial charge in [-0.15, -0.1) is 0 Å². The summed E-state index contributed by atoms with van der Waals surface area (Å²) in [6.45, 7) is 3.72. The van der Waals surface area contributed by atoms with Crippen molar-refractivity contribution in [2.45, 2.75) is 25.9 Å². The summed E-state index contributed by atoms with van der Waals surface area (Å²) in [6, 6.07) is 3.69. The Bertz CT molecular complexity index is 654. The molecule has 7 heteroatoms. The number of hydrogen-bond donors (Lipinski definition) is 1. The largest absolute Gasteiger partial charge is 0.489 e. The molecule has 23 heavy (non-hydrogen) atoms. The number of ether oxygens (including phenoxy) is 2. The molecule has 3 rings (SSSR count). The van der Waals surface area contributed by atoms with E-state index in [1.54, 1.807) is 19.4 Å². The standard InChI is InChI=1S/C16H21N5O2/c1-11-15(17)19-10-20-16(11)21-7-5-12(6-8-21)23-13-3-4-14(22-2)18-9-13/h3-4,9-10,12H,5-8H2,1-2H3,(H2,17,19,20). The van der Waals surface area contributed by atoms with Crippen LogP contribution in [-0.2, 0) is 0 Å². The average Bonchev–Trinajstić information content (AvgIpc) is 2.59. The second-order valence-electron chi connectivity index (χ2n) is 5.55. The molecule has 1 fully saturated rings. The normalized spacial score (nSPS) is 15.5. The lowest BCUT2D eigenvalue weighted by Crippen LogP contribution is -2.39. The van der Waals surface area contributed by atoms with Gasteiger partial charge in [-0.25, -0.2) is 15.0 Å². The summed E-state index contributed by atoms with van der Waals surface area (Å²) in [5.74, 6) is 2.82. The van der Waals surface area contributed by atoms with E-state index in [9.17, 15) is 0 Å². The van der Waals surface area contributed by atoms with Gasteiger partial charge in [0.15, 0.2) is 0 Å². The van der Waals surface area contributed by atoms with Crippen LogP contribution in [0.5, 0.6) is 11.6 Å². The predicted molar refractivity (Wildman–Crippen MR) is 87.8 cm³/mol. The first-order valence-electron chi connectivity index (χ1n) is 7.66. The first kappa shape index (κ1) is 15.3. The number of nitrogen functional groups attached to an aromatic ring is 1. The number of nitrogens with two attached hydrogens (primary N) is 1. The van der Waals surface area contributed by atoms with Crippen LogP contribution in [0.15, 0.2) is 24.7 Å². The van der Waals surface area contributed by atoms with E-state index >= 15 is 0 Å². The molecular weight excluding hydrogens is 294 g/mol. The number of aromatic nitrogens is 3. The highest BCUT2D eigenvalue weighted by atomic mass is 16.5. The summed E-state index contributed by atoms with van der Waals surface area (Å²) in [6.07, 6.45) is 5.25. The Hall–Kier alpha value is -2.57. The molecule has 1 saturated heterocycles. The monoisotopic (exact) mass is 315 g/mol. The number of methoxy groups -OCH3 is 1. The molecule has 0 radical (unpaired) electrons. The summed E-state index contributed by atoms with van der Waals surface area (Å²) < 4.78 is 11.0. The quantitative estimate of drug-likeness (QED) is 0.921. The topological polar surface area (TPSA) is 86.4 Å². The van der Waals surface area contributed by atoms with Crippen molar-refractivity contribution in [2.24, 2.45) is 0 Å².